The molecule has 27 heavy (non-hydrogen) atoms. The number of ether oxygens (including phenoxy) is 1. The Bertz CT molecular complexity index is 925. The van der Waals surface area contributed by atoms with Gasteiger partial charge in [0.25, 0.3) is 0 Å². The van der Waals surface area contributed by atoms with Gasteiger partial charge in [0.05, 0.1) is 7.11 Å². The highest BCUT2D eigenvalue weighted by Gasteiger charge is 2.08. The highest BCUT2D eigenvalue weighted by Crippen LogP contribution is 2.22. The van der Waals surface area contributed by atoms with Crippen molar-refractivity contribution in [1.29, 1.82) is 0 Å². The van der Waals surface area contributed by atoms with Crippen LogP contribution in [-0.2, 0) is 13.0 Å². The van der Waals surface area contributed by atoms with Crippen LogP contribution in [0.3, 0.4) is 0 Å². The van der Waals surface area contributed by atoms with Crippen LogP contribution in [0, 0.1) is 12.7 Å². The molecule has 0 unspecified atom stereocenters. The van der Waals surface area contributed by atoms with Gasteiger partial charge in [-0.3, -0.25) is 5.32 Å². The van der Waals surface area contributed by atoms with Crippen molar-refractivity contribution >= 4 is 22.5 Å². The largest absolute Gasteiger partial charge is 0.497 e. The monoisotopic (exact) mass is 385 g/mol. The molecule has 3 rings (SSSR count). The van der Waals surface area contributed by atoms with Crippen LogP contribution in [0.1, 0.15) is 21.6 Å². The normalized spacial score (nSPS) is 10.5. The van der Waals surface area contributed by atoms with E-state index >= 15 is 0 Å². The average Bonchev–Trinajstić information content (AvgIpc) is 3.10. The Hall–Kier alpha value is -2.93. The fraction of sp³-hybridized carbons (Fsp3) is 0.200. The summed E-state index contributed by atoms with van der Waals surface area (Å²) in [6.07, 6.45) is 2.27. The number of benzene rings is 2. The molecule has 1 heterocycles. The number of hydrogen-bond donors (Lipinski definition) is 2. The lowest BCUT2D eigenvalue weighted by molar-refractivity contribution is 0.251. The van der Waals surface area contributed by atoms with Crippen LogP contribution >= 0.6 is 11.3 Å². The van der Waals surface area contributed by atoms with Crippen molar-refractivity contribution in [2.45, 2.75) is 19.9 Å². The molecular weight excluding hydrogens is 365 g/mol. The number of hydrogen-bond acceptors (Lipinski definition) is 4. The van der Waals surface area contributed by atoms with Crippen molar-refractivity contribution in [2.75, 3.05) is 12.4 Å². The van der Waals surface area contributed by atoms with E-state index in [1.165, 1.54) is 17.4 Å². The third-order valence-corrected chi connectivity index (χ3v) is 4.91. The topological polar surface area (TPSA) is 63.2 Å². The number of nitrogens with zero attached hydrogens (tertiary/aromatic N) is 1. The van der Waals surface area contributed by atoms with E-state index in [0.29, 0.717) is 23.7 Å². The predicted octanol–water partition coefficient (Wildman–Crippen LogP) is 4.51. The summed E-state index contributed by atoms with van der Waals surface area (Å²) in [5, 5.41) is 6.01. The van der Waals surface area contributed by atoms with Gasteiger partial charge in [0.15, 0.2) is 5.13 Å². The molecule has 7 heteroatoms. The maximum Gasteiger partial charge on any atom is 0.321 e. The molecule has 2 amide bonds. The van der Waals surface area contributed by atoms with Crippen LogP contribution in [0.5, 0.6) is 5.75 Å². The lowest BCUT2D eigenvalue weighted by Gasteiger charge is -2.06. The summed E-state index contributed by atoms with van der Waals surface area (Å²) in [6, 6.07) is 12.3. The smallest absolute Gasteiger partial charge is 0.321 e. The second-order valence-corrected chi connectivity index (χ2v) is 7.16. The minimum atomic E-state index is -0.326. The van der Waals surface area contributed by atoms with E-state index in [2.05, 4.69) is 15.6 Å². The third-order valence-electron chi connectivity index (χ3n) is 4.00. The molecule has 0 aliphatic carbocycles. The standard InChI is InChI=1S/C20H20FN3O2S/c1-13-3-4-15(10-18(13)21)9-17-12-23-20(27-17)24-19(25)22-11-14-5-7-16(26-2)8-6-14/h3-8,10,12H,9,11H2,1-2H3,(H2,22,23,24,25). The molecular formula is C20H20FN3O2S. The molecule has 0 bridgehead atoms. The van der Waals surface area contributed by atoms with Crippen molar-refractivity contribution in [3.63, 3.8) is 0 Å². The first kappa shape index (κ1) is 18.8. The number of methoxy groups -OCH3 is 1. The zero-order chi connectivity index (χ0) is 19.2. The number of nitrogens with one attached hydrogen (secondary N) is 2. The Morgan fingerprint density at radius 2 is 1.93 bits per heavy atom. The van der Waals surface area contributed by atoms with E-state index in [0.717, 1.165) is 21.8 Å². The molecule has 0 aliphatic heterocycles. The van der Waals surface area contributed by atoms with Gasteiger partial charge in [-0.1, -0.05) is 24.3 Å². The van der Waals surface area contributed by atoms with Gasteiger partial charge in [-0.25, -0.2) is 14.2 Å². The van der Waals surface area contributed by atoms with Gasteiger partial charge >= 0.3 is 6.03 Å². The first-order valence-corrected chi connectivity index (χ1v) is 9.22. The highest BCUT2D eigenvalue weighted by molar-refractivity contribution is 7.15. The third kappa shape index (κ3) is 5.27. The molecule has 0 saturated heterocycles. The molecule has 0 spiro atoms. The van der Waals surface area contributed by atoms with Crippen molar-refractivity contribution in [3.05, 3.63) is 76.0 Å². The van der Waals surface area contributed by atoms with Gasteiger partial charge in [-0.05, 0) is 41.8 Å². The zero-order valence-electron chi connectivity index (χ0n) is 15.1. The van der Waals surface area contributed by atoms with Crippen molar-refractivity contribution in [3.8, 4) is 5.75 Å². The Balaban J connectivity index is 1.51. The average molecular weight is 385 g/mol. The molecule has 5 nitrogen and oxygen atoms in total. The quantitative estimate of drug-likeness (QED) is 0.656. The maximum atomic E-state index is 13.6. The van der Waals surface area contributed by atoms with Crippen LogP contribution in [0.15, 0.2) is 48.7 Å². The van der Waals surface area contributed by atoms with E-state index in [4.69, 9.17) is 4.74 Å². The Morgan fingerprint density at radius 1 is 1.19 bits per heavy atom. The van der Waals surface area contributed by atoms with E-state index in [1.807, 2.05) is 30.3 Å². The number of carbonyl (C=O) groups is 1. The maximum absolute atomic E-state index is 13.6. The molecule has 1 aromatic heterocycles. The number of thiazole rings is 1. The van der Waals surface area contributed by atoms with Gasteiger partial charge in [0, 0.05) is 24.0 Å². The minimum Gasteiger partial charge on any atom is -0.497 e. The van der Waals surface area contributed by atoms with Crippen molar-refractivity contribution < 1.29 is 13.9 Å². The minimum absolute atomic E-state index is 0.215. The molecule has 0 fully saturated rings. The summed E-state index contributed by atoms with van der Waals surface area (Å²) in [5.41, 5.74) is 2.46. The molecule has 2 aromatic carbocycles. The molecule has 0 atom stereocenters. The van der Waals surface area contributed by atoms with Crippen LogP contribution in [-0.4, -0.2) is 18.1 Å². The Kier molecular flexibility index (Phi) is 6.03. The summed E-state index contributed by atoms with van der Waals surface area (Å²) >= 11 is 1.37. The molecule has 0 saturated carbocycles. The van der Waals surface area contributed by atoms with Gasteiger partial charge < -0.3 is 10.1 Å². The molecule has 3 aromatic rings. The van der Waals surface area contributed by atoms with Crippen molar-refractivity contribution in [2.24, 2.45) is 0 Å². The van der Waals surface area contributed by atoms with Gasteiger partial charge in [0.2, 0.25) is 0 Å². The number of aromatic nitrogens is 1. The van der Waals surface area contributed by atoms with Crippen molar-refractivity contribution in [1.82, 2.24) is 10.3 Å². The lowest BCUT2D eigenvalue weighted by Crippen LogP contribution is -2.28. The summed E-state index contributed by atoms with van der Waals surface area (Å²) in [7, 11) is 1.61. The lowest BCUT2D eigenvalue weighted by atomic mass is 10.1. The van der Waals surface area contributed by atoms with E-state index in [1.54, 1.807) is 26.3 Å². The van der Waals surface area contributed by atoms with Gasteiger partial charge in [-0.2, -0.15) is 0 Å². The molecule has 0 radical (unpaired) electrons. The van der Waals surface area contributed by atoms with Crippen LogP contribution in [0.25, 0.3) is 0 Å². The number of aryl methyl sites for hydroxylation is 1. The first-order chi connectivity index (χ1) is 13.0. The second-order valence-electron chi connectivity index (χ2n) is 6.05. The van der Waals surface area contributed by atoms with E-state index in [9.17, 15) is 9.18 Å². The summed E-state index contributed by atoms with van der Waals surface area (Å²) in [5.74, 6) is 0.556. The number of amides is 2. The fourth-order valence-electron chi connectivity index (χ4n) is 2.46. The van der Waals surface area contributed by atoms with E-state index in [-0.39, 0.29) is 11.8 Å². The van der Waals surface area contributed by atoms with Gasteiger partial charge in [-0.15, -0.1) is 11.3 Å². The number of urea groups is 1. The first-order valence-electron chi connectivity index (χ1n) is 8.41. The number of halogens is 1. The second kappa shape index (κ2) is 8.64. The fourth-order valence-corrected chi connectivity index (χ4v) is 3.30. The van der Waals surface area contributed by atoms with Crippen LogP contribution in [0.4, 0.5) is 14.3 Å². The Morgan fingerprint density at radius 3 is 2.63 bits per heavy atom. The summed E-state index contributed by atoms with van der Waals surface area (Å²) in [6.45, 7) is 2.13. The number of anilines is 1. The summed E-state index contributed by atoms with van der Waals surface area (Å²) in [4.78, 5) is 17.2. The SMILES string of the molecule is COc1ccc(CNC(=O)Nc2ncc(Cc3ccc(C)c(F)c3)s2)cc1. The molecule has 2 N–H and O–H groups in total. The molecule has 0 aliphatic rings. The Labute approximate surface area is 161 Å². The van der Waals surface area contributed by atoms with Crippen LogP contribution < -0.4 is 15.4 Å². The highest BCUT2D eigenvalue weighted by atomic mass is 32.1. The number of rotatable bonds is 6. The molecule has 140 valence electrons. The van der Waals surface area contributed by atoms with Gasteiger partial charge in [0.1, 0.15) is 11.6 Å². The zero-order valence-corrected chi connectivity index (χ0v) is 15.9. The van der Waals surface area contributed by atoms with E-state index < -0.39 is 0 Å². The summed E-state index contributed by atoms with van der Waals surface area (Å²) < 4.78 is 18.7. The number of carbonyl (C=O) groups excluding carboxylic acids is 1. The predicted molar refractivity (Wildman–Crippen MR) is 105 cm³/mol. The van der Waals surface area contributed by atoms with Crippen LogP contribution in [0.2, 0.25) is 0 Å².